The number of morpholine rings is 1. The first kappa shape index (κ1) is 22.0. The molecule has 0 saturated carbocycles. The molecule has 1 atom stereocenters. The number of fused-ring (bicyclic) bond motifs is 1. The van der Waals surface area contributed by atoms with E-state index in [4.69, 9.17) is 9.72 Å². The van der Waals surface area contributed by atoms with Crippen molar-refractivity contribution in [3.63, 3.8) is 0 Å². The van der Waals surface area contributed by atoms with E-state index in [1.54, 1.807) is 23.5 Å². The number of piperidine rings is 1. The van der Waals surface area contributed by atoms with Crippen molar-refractivity contribution in [1.82, 2.24) is 14.2 Å². The third-order valence-corrected chi connectivity index (χ3v) is 10.5. The molecule has 0 N–H and O–H groups in total. The van der Waals surface area contributed by atoms with Gasteiger partial charge in [-0.05, 0) is 43.5 Å². The molecule has 2 aliphatic rings. The number of ether oxygens (including phenoxy) is 1. The maximum absolute atomic E-state index is 13.3. The minimum Gasteiger partial charge on any atom is -0.379 e. The Morgan fingerprint density at radius 1 is 1.06 bits per heavy atom. The number of thiazole rings is 1. The summed E-state index contributed by atoms with van der Waals surface area (Å²) in [5.74, 6) is 0.0335. The summed E-state index contributed by atoms with van der Waals surface area (Å²) in [5, 5.41) is 0.987. The summed E-state index contributed by atoms with van der Waals surface area (Å²) < 4.78 is 33.9. The summed E-state index contributed by atoms with van der Waals surface area (Å²) in [6.07, 6.45) is 3.18. The molecule has 0 bridgehead atoms. The van der Waals surface area contributed by atoms with E-state index in [2.05, 4.69) is 6.07 Å². The summed E-state index contributed by atoms with van der Waals surface area (Å²) in [5.41, 5.74) is 0.974. The molecule has 4 heterocycles. The fraction of sp³-hybridized carbons (Fsp3) is 0.455. The van der Waals surface area contributed by atoms with Gasteiger partial charge in [-0.3, -0.25) is 4.79 Å². The summed E-state index contributed by atoms with van der Waals surface area (Å²) >= 11 is 2.85. The van der Waals surface area contributed by atoms with E-state index in [0.717, 1.165) is 39.4 Å². The molecule has 0 spiro atoms. The molecule has 0 radical (unpaired) electrons. The maximum atomic E-state index is 13.3. The molecule has 1 amide bonds. The van der Waals surface area contributed by atoms with Gasteiger partial charge in [-0.2, -0.15) is 4.31 Å². The van der Waals surface area contributed by atoms with Crippen molar-refractivity contribution in [3.8, 4) is 0 Å². The molecule has 0 unspecified atom stereocenters. The highest BCUT2D eigenvalue weighted by molar-refractivity contribution is 7.91. The lowest BCUT2D eigenvalue weighted by atomic mass is 10.0. The Balaban J connectivity index is 1.32. The van der Waals surface area contributed by atoms with Crippen molar-refractivity contribution >= 4 is 48.8 Å². The minimum absolute atomic E-state index is 0.00911. The van der Waals surface area contributed by atoms with E-state index in [9.17, 15) is 13.2 Å². The number of amides is 1. The number of nitrogens with zero attached hydrogens (tertiary/aromatic N) is 3. The van der Waals surface area contributed by atoms with Crippen molar-refractivity contribution in [3.05, 3.63) is 46.3 Å². The summed E-state index contributed by atoms with van der Waals surface area (Å²) in [6, 6.07) is 11.4. The normalized spacial score (nSPS) is 20.6. The van der Waals surface area contributed by atoms with Gasteiger partial charge >= 0.3 is 0 Å². The summed E-state index contributed by atoms with van der Waals surface area (Å²) in [4.78, 5) is 20.8. The number of rotatable bonds is 5. The molecule has 170 valence electrons. The summed E-state index contributed by atoms with van der Waals surface area (Å²) in [6.45, 7) is 2.28. The molecule has 2 aliphatic heterocycles. The van der Waals surface area contributed by atoms with Crippen LogP contribution in [0.2, 0.25) is 0 Å². The van der Waals surface area contributed by atoms with Crippen molar-refractivity contribution in [2.75, 3.05) is 32.8 Å². The Bertz CT molecular complexity index is 1180. The second-order valence-electron chi connectivity index (χ2n) is 8.03. The lowest BCUT2D eigenvalue weighted by Crippen LogP contribution is -2.40. The average molecular weight is 492 g/mol. The fourth-order valence-electron chi connectivity index (χ4n) is 4.28. The molecule has 5 rings (SSSR count). The van der Waals surface area contributed by atoms with E-state index in [-0.39, 0.29) is 18.4 Å². The SMILES string of the molecule is O=C(Cc1ccc(S(=O)(=O)N2CCOCC2)s1)N1CCCC[C@H]1c1nc2ccccc2s1. The van der Waals surface area contributed by atoms with Crippen LogP contribution in [0.25, 0.3) is 10.2 Å². The third kappa shape index (κ3) is 4.34. The van der Waals surface area contributed by atoms with Crippen LogP contribution in [0.3, 0.4) is 0 Å². The van der Waals surface area contributed by atoms with Gasteiger partial charge in [-0.25, -0.2) is 13.4 Å². The van der Waals surface area contributed by atoms with Crippen LogP contribution in [-0.2, 0) is 26.0 Å². The molecule has 10 heteroatoms. The van der Waals surface area contributed by atoms with Crippen LogP contribution in [0.1, 0.15) is 35.2 Å². The highest BCUT2D eigenvalue weighted by Gasteiger charge is 2.32. The smallest absolute Gasteiger partial charge is 0.252 e. The standard InChI is InChI=1S/C22H25N3O4S3/c26-20(15-16-8-9-21(30-16)32(27,28)24-11-13-29-14-12-24)25-10-4-3-6-18(25)22-23-17-5-1-2-7-19(17)31-22/h1-2,5,7-9,18H,3-4,6,10-15H2/t18-/m0/s1. The highest BCUT2D eigenvalue weighted by atomic mass is 32.2. The van der Waals surface area contributed by atoms with E-state index >= 15 is 0 Å². The Labute approximate surface area is 195 Å². The molecule has 32 heavy (non-hydrogen) atoms. The zero-order valence-corrected chi connectivity index (χ0v) is 20.1. The van der Waals surface area contributed by atoms with Crippen molar-refractivity contribution < 1.29 is 17.9 Å². The Morgan fingerprint density at radius 3 is 2.69 bits per heavy atom. The second-order valence-corrected chi connectivity index (χ2v) is 12.4. The number of sulfonamides is 1. The van der Waals surface area contributed by atoms with Gasteiger partial charge in [0.2, 0.25) is 5.91 Å². The number of benzene rings is 1. The highest BCUT2D eigenvalue weighted by Crippen LogP contribution is 2.36. The molecule has 7 nitrogen and oxygen atoms in total. The van der Waals surface area contributed by atoms with E-state index in [1.807, 2.05) is 23.1 Å². The number of hydrogen-bond acceptors (Lipinski definition) is 7. The molecular formula is C22H25N3O4S3. The molecule has 2 saturated heterocycles. The van der Waals surface area contributed by atoms with Gasteiger partial charge < -0.3 is 9.64 Å². The Hall–Kier alpha value is -1.85. The first-order valence-electron chi connectivity index (χ1n) is 10.8. The van der Waals surface area contributed by atoms with Gasteiger partial charge in [-0.1, -0.05) is 12.1 Å². The van der Waals surface area contributed by atoms with Crippen LogP contribution in [0.4, 0.5) is 0 Å². The molecule has 0 aliphatic carbocycles. The monoisotopic (exact) mass is 491 g/mol. The first-order chi connectivity index (χ1) is 15.5. The lowest BCUT2D eigenvalue weighted by molar-refractivity contribution is -0.134. The quantitative estimate of drug-likeness (QED) is 0.544. The van der Waals surface area contributed by atoms with Gasteiger partial charge in [0.25, 0.3) is 10.0 Å². The topological polar surface area (TPSA) is 79.8 Å². The molecule has 3 aromatic rings. The van der Waals surface area contributed by atoms with Gasteiger partial charge in [0.15, 0.2) is 0 Å². The maximum Gasteiger partial charge on any atom is 0.252 e. The Kier molecular flexibility index (Phi) is 6.31. The molecule has 2 fully saturated rings. The van der Waals surface area contributed by atoms with Crippen LogP contribution in [0, 0.1) is 0 Å². The number of aromatic nitrogens is 1. The van der Waals surface area contributed by atoms with Crippen LogP contribution >= 0.6 is 22.7 Å². The molecule has 1 aromatic carbocycles. The summed E-state index contributed by atoms with van der Waals surface area (Å²) in [7, 11) is -3.53. The second kappa shape index (κ2) is 9.18. The van der Waals surface area contributed by atoms with Gasteiger partial charge in [0.05, 0.1) is 35.9 Å². The Morgan fingerprint density at radius 2 is 1.88 bits per heavy atom. The predicted molar refractivity (Wildman–Crippen MR) is 126 cm³/mol. The van der Waals surface area contributed by atoms with Crippen LogP contribution < -0.4 is 0 Å². The van der Waals surface area contributed by atoms with Crippen molar-refractivity contribution in [1.29, 1.82) is 0 Å². The molecule has 2 aromatic heterocycles. The van der Waals surface area contributed by atoms with Gasteiger partial charge in [0, 0.05) is 24.5 Å². The lowest BCUT2D eigenvalue weighted by Gasteiger charge is -2.34. The van der Waals surface area contributed by atoms with Crippen LogP contribution in [0.5, 0.6) is 0 Å². The van der Waals surface area contributed by atoms with E-state index < -0.39 is 10.0 Å². The number of para-hydroxylation sites is 1. The molecular weight excluding hydrogens is 466 g/mol. The first-order valence-corrected chi connectivity index (χ1v) is 13.9. The number of hydrogen-bond donors (Lipinski definition) is 0. The van der Waals surface area contributed by atoms with Gasteiger partial charge in [-0.15, -0.1) is 22.7 Å². The zero-order valence-electron chi connectivity index (χ0n) is 17.6. The fourth-order valence-corrected chi connectivity index (χ4v) is 8.30. The van der Waals surface area contributed by atoms with Gasteiger partial charge in [0.1, 0.15) is 9.22 Å². The third-order valence-electron chi connectivity index (χ3n) is 5.95. The van der Waals surface area contributed by atoms with Crippen molar-refractivity contribution in [2.45, 2.75) is 35.9 Å². The average Bonchev–Trinajstić information content (AvgIpc) is 3.47. The number of carbonyl (C=O) groups excluding carboxylic acids is 1. The van der Waals surface area contributed by atoms with Crippen LogP contribution in [-0.4, -0.2) is 61.4 Å². The van der Waals surface area contributed by atoms with Crippen LogP contribution in [0.15, 0.2) is 40.6 Å². The van der Waals surface area contributed by atoms with E-state index in [0.29, 0.717) is 37.1 Å². The minimum atomic E-state index is -3.53. The predicted octanol–water partition coefficient (Wildman–Crippen LogP) is 3.68. The largest absolute Gasteiger partial charge is 0.379 e. The number of likely N-dealkylation sites (tertiary alicyclic amines) is 1. The number of carbonyl (C=O) groups is 1. The van der Waals surface area contributed by atoms with E-state index in [1.165, 1.54) is 15.6 Å². The van der Waals surface area contributed by atoms with Crippen molar-refractivity contribution in [2.24, 2.45) is 0 Å². The number of thiophene rings is 1. The zero-order chi connectivity index (χ0) is 22.1.